The van der Waals surface area contributed by atoms with Gasteiger partial charge < -0.3 is 31.2 Å². The summed E-state index contributed by atoms with van der Waals surface area (Å²) in [5, 5.41) is 2.16. The predicted molar refractivity (Wildman–Crippen MR) is 76.3 cm³/mol. The molecule has 0 fully saturated rings. The van der Waals surface area contributed by atoms with Crippen molar-refractivity contribution in [3.8, 4) is 17.2 Å². The van der Waals surface area contributed by atoms with E-state index in [1.165, 1.54) is 0 Å². The summed E-state index contributed by atoms with van der Waals surface area (Å²) in [4.78, 5) is 0. The minimum Gasteiger partial charge on any atom is -1.00 e. The summed E-state index contributed by atoms with van der Waals surface area (Å²) in [6.45, 7) is 5.74. The monoisotopic (exact) mass is 353 g/mol. The summed E-state index contributed by atoms with van der Waals surface area (Å²) >= 11 is 0. The lowest BCUT2D eigenvalue weighted by Crippen LogP contribution is -3.00. The summed E-state index contributed by atoms with van der Waals surface area (Å²) in [5.74, 6) is 2.92. The van der Waals surface area contributed by atoms with E-state index >= 15 is 0 Å². The topological polar surface area (TPSA) is 31.6 Å². The fraction of sp³-hybridized carbons (Fsp3) is 0.438. The van der Waals surface area contributed by atoms with E-state index in [1.54, 1.807) is 7.11 Å². The molecule has 1 aromatic heterocycles. The zero-order chi connectivity index (χ0) is 14.1. The second kappa shape index (κ2) is 6.52. The number of aryl methyl sites for hydroxylation is 1. The number of benzene rings is 1. The van der Waals surface area contributed by atoms with Gasteiger partial charge in [0.05, 0.1) is 12.5 Å². The fourth-order valence-corrected chi connectivity index (χ4v) is 2.45. The Balaban J connectivity index is 0.00000161. The average molecular weight is 354 g/mol. The summed E-state index contributed by atoms with van der Waals surface area (Å²) < 4.78 is 18.7. The molecule has 1 aliphatic heterocycles. The quantitative estimate of drug-likeness (QED) is 0.720. The highest BCUT2D eigenvalue weighted by Crippen LogP contribution is 2.45. The van der Waals surface area contributed by atoms with Gasteiger partial charge in [-0.15, -0.1) is 0 Å². The van der Waals surface area contributed by atoms with Gasteiger partial charge in [-0.05, 0) is 12.0 Å². The molecule has 21 heavy (non-hydrogen) atoms. The third-order valence-electron chi connectivity index (χ3n) is 3.60. The molecule has 5 heteroatoms. The molecule has 0 radical (unpaired) electrons. The molecule has 1 aromatic carbocycles. The van der Waals surface area contributed by atoms with Crippen LogP contribution in [0.25, 0.3) is 10.8 Å². The van der Waals surface area contributed by atoms with Crippen molar-refractivity contribution in [2.75, 3.05) is 13.9 Å². The van der Waals surface area contributed by atoms with E-state index in [4.69, 9.17) is 14.2 Å². The van der Waals surface area contributed by atoms with E-state index < -0.39 is 0 Å². The molecule has 0 bridgehead atoms. The Bertz CT molecular complexity index is 643. The number of hydrogen-bond donors (Lipinski definition) is 0. The first-order chi connectivity index (χ1) is 9.69. The van der Waals surface area contributed by atoms with Gasteiger partial charge in [-0.1, -0.05) is 13.8 Å². The molecular weight excluding hydrogens is 334 g/mol. The number of pyridine rings is 1. The first kappa shape index (κ1) is 15.9. The van der Waals surface area contributed by atoms with Crippen LogP contribution in [-0.2, 0) is 6.54 Å². The maximum Gasteiger partial charge on any atom is 0.231 e. The fourth-order valence-electron chi connectivity index (χ4n) is 2.45. The summed E-state index contributed by atoms with van der Waals surface area (Å²) in [5.41, 5.74) is 0. The first-order valence-electron chi connectivity index (χ1n) is 6.98. The number of methoxy groups -OCH3 is 1. The Hall–Kier alpha value is -1.49. The normalized spacial score (nSPS) is 12.6. The van der Waals surface area contributed by atoms with E-state index in [0.717, 1.165) is 35.2 Å². The first-order valence-corrected chi connectivity index (χ1v) is 6.98. The Morgan fingerprint density at radius 2 is 2.14 bits per heavy atom. The van der Waals surface area contributed by atoms with E-state index in [2.05, 4.69) is 36.9 Å². The maximum absolute atomic E-state index is 5.53. The van der Waals surface area contributed by atoms with Gasteiger partial charge in [0.25, 0.3) is 0 Å². The zero-order valence-electron chi connectivity index (χ0n) is 12.6. The molecule has 4 nitrogen and oxygen atoms in total. The molecule has 3 rings (SSSR count). The lowest BCUT2D eigenvalue weighted by atomic mass is 10.1. The van der Waals surface area contributed by atoms with Crippen molar-refractivity contribution in [2.45, 2.75) is 26.8 Å². The van der Waals surface area contributed by atoms with Gasteiger partial charge in [-0.2, -0.15) is 0 Å². The molecule has 0 amide bonds. The molecule has 2 heterocycles. The number of rotatable bonds is 4. The van der Waals surface area contributed by atoms with E-state index in [0.29, 0.717) is 11.7 Å². The molecule has 1 aliphatic rings. The molecule has 0 aliphatic carbocycles. The smallest absolute Gasteiger partial charge is 0.231 e. The lowest BCUT2D eigenvalue weighted by Gasteiger charge is -2.08. The highest BCUT2D eigenvalue weighted by atomic mass is 79.9. The molecule has 0 saturated heterocycles. The van der Waals surface area contributed by atoms with Crippen molar-refractivity contribution in [3.05, 3.63) is 24.5 Å². The minimum absolute atomic E-state index is 0. The maximum atomic E-state index is 5.53. The standard InChI is InChI=1S/C16H20NO3.BrH/c1-11(2)4-6-17-7-5-12-8-14-16(20-10-19-14)15(18-3)13(12)9-17;/h5,7-9,11H,4,6,10H2,1-3H3;1H/q+1;/p-1. The second-order valence-corrected chi connectivity index (χ2v) is 5.51. The SMILES string of the molecule is COc1c2c(cc3cc[n+](CCC(C)C)cc13)OCO2.[Br-]. The third-order valence-corrected chi connectivity index (χ3v) is 3.60. The molecule has 114 valence electrons. The van der Waals surface area contributed by atoms with E-state index in [9.17, 15) is 0 Å². The van der Waals surface area contributed by atoms with Crippen LogP contribution in [-0.4, -0.2) is 13.9 Å². The molecule has 0 atom stereocenters. The van der Waals surface area contributed by atoms with Crippen molar-refractivity contribution in [3.63, 3.8) is 0 Å². The van der Waals surface area contributed by atoms with Gasteiger partial charge in [0.1, 0.15) is 6.54 Å². The molecule has 0 N–H and O–H groups in total. The number of aromatic nitrogens is 1. The van der Waals surface area contributed by atoms with Crippen LogP contribution in [0.1, 0.15) is 20.3 Å². The minimum atomic E-state index is 0. The van der Waals surface area contributed by atoms with Crippen LogP contribution < -0.4 is 35.8 Å². The zero-order valence-corrected chi connectivity index (χ0v) is 14.1. The van der Waals surface area contributed by atoms with Gasteiger partial charge in [-0.25, -0.2) is 4.57 Å². The molecular formula is C16H20BrNO3. The van der Waals surface area contributed by atoms with E-state index in [-0.39, 0.29) is 23.8 Å². The van der Waals surface area contributed by atoms with Gasteiger partial charge in [0.15, 0.2) is 23.9 Å². The van der Waals surface area contributed by atoms with Gasteiger partial charge in [0.2, 0.25) is 12.5 Å². The number of nitrogens with zero attached hydrogens (tertiary/aromatic N) is 1. The molecule has 0 saturated carbocycles. The molecule has 0 unspecified atom stereocenters. The Kier molecular flexibility index (Phi) is 4.93. The van der Waals surface area contributed by atoms with Gasteiger partial charge >= 0.3 is 0 Å². The number of fused-ring (bicyclic) bond motifs is 2. The number of hydrogen-bond acceptors (Lipinski definition) is 3. The van der Waals surface area contributed by atoms with Crippen LogP contribution in [0.4, 0.5) is 0 Å². The van der Waals surface area contributed by atoms with Gasteiger partial charge in [0, 0.05) is 17.9 Å². The summed E-state index contributed by atoms with van der Waals surface area (Å²) in [6, 6.07) is 4.10. The summed E-state index contributed by atoms with van der Waals surface area (Å²) in [7, 11) is 1.67. The predicted octanol–water partition coefficient (Wildman–Crippen LogP) is -0.0853. The average Bonchev–Trinajstić information content (AvgIpc) is 2.90. The Morgan fingerprint density at radius 3 is 2.86 bits per heavy atom. The van der Waals surface area contributed by atoms with Crippen LogP contribution >= 0.6 is 0 Å². The Labute approximate surface area is 135 Å². The van der Waals surface area contributed by atoms with Crippen LogP contribution in [0.3, 0.4) is 0 Å². The van der Waals surface area contributed by atoms with Crippen molar-refractivity contribution in [1.29, 1.82) is 0 Å². The third kappa shape index (κ3) is 3.07. The van der Waals surface area contributed by atoms with Crippen molar-refractivity contribution >= 4 is 10.8 Å². The molecule has 2 aromatic rings. The van der Waals surface area contributed by atoms with Gasteiger partial charge in [-0.3, -0.25) is 0 Å². The van der Waals surface area contributed by atoms with Crippen LogP contribution in [0.15, 0.2) is 24.5 Å². The van der Waals surface area contributed by atoms with Crippen molar-refractivity contribution < 1.29 is 35.8 Å². The number of halogens is 1. The van der Waals surface area contributed by atoms with Crippen molar-refractivity contribution in [2.24, 2.45) is 5.92 Å². The number of ether oxygens (including phenoxy) is 3. The summed E-state index contributed by atoms with van der Waals surface area (Å²) in [6.07, 6.45) is 5.38. The van der Waals surface area contributed by atoms with Crippen molar-refractivity contribution in [1.82, 2.24) is 0 Å². The Morgan fingerprint density at radius 1 is 1.33 bits per heavy atom. The van der Waals surface area contributed by atoms with Crippen LogP contribution in [0.2, 0.25) is 0 Å². The highest BCUT2D eigenvalue weighted by molar-refractivity contribution is 5.92. The highest BCUT2D eigenvalue weighted by Gasteiger charge is 2.23. The largest absolute Gasteiger partial charge is 1.00 e. The lowest BCUT2D eigenvalue weighted by molar-refractivity contribution is -0.696. The second-order valence-electron chi connectivity index (χ2n) is 5.51. The van der Waals surface area contributed by atoms with Crippen LogP contribution in [0.5, 0.6) is 17.2 Å². The molecule has 0 spiro atoms. The van der Waals surface area contributed by atoms with Crippen LogP contribution in [0, 0.1) is 5.92 Å². The van der Waals surface area contributed by atoms with E-state index in [1.807, 2.05) is 6.07 Å².